The zero-order valence-corrected chi connectivity index (χ0v) is 19.0. The fourth-order valence-electron chi connectivity index (χ4n) is 7.33. The Morgan fingerprint density at radius 3 is 2.64 bits per heavy atom. The molecule has 7 atom stereocenters. The van der Waals surface area contributed by atoms with E-state index in [0.29, 0.717) is 6.42 Å². The highest BCUT2D eigenvalue weighted by Crippen LogP contribution is 2.67. The molecule has 0 radical (unpaired) electrons. The highest BCUT2D eigenvalue weighted by atomic mass is 16.5. The molecule has 0 aromatic rings. The number of aliphatic hydroxyl groups excluding tert-OH is 1. The quantitative estimate of drug-likeness (QED) is 0.551. The average molecular weight is 460 g/mol. The van der Waals surface area contributed by atoms with E-state index in [2.05, 4.69) is 6.92 Å². The first-order chi connectivity index (χ1) is 15.4. The Balaban J connectivity index is 1.53. The molecule has 8 heteroatoms. The van der Waals surface area contributed by atoms with Gasteiger partial charge >= 0.3 is 5.97 Å². The molecule has 0 aromatic carbocycles. The number of carbonyl (C=O) groups excluding carboxylic acids is 4. The first-order valence-corrected chi connectivity index (χ1v) is 11.7. The average Bonchev–Trinajstić information content (AvgIpc) is 3.02. The van der Waals surface area contributed by atoms with Crippen LogP contribution in [0.15, 0.2) is 23.8 Å². The summed E-state index contributed by atoms with van der Waals surface area (Å²) in [5.74, 6) is -2.91. The third-order valence-electron chi connectivity index (χ3n) is 9.01. The van der Waals surface area contributed by atoms with Crippen molar-refractivity contribution in [1.29, 1.82) is 0 Å². The van der Waals surface area contributed by atoms with Crippen LogP contribution in [0.5, 0.6) is 0 Å². The van der Waals surface area contributed by atoms with Crippen molar-refractivity contribution in [3.05, 3.63) is 23.8 Å². The number of ether oxygens (including phenoxy) is 1. The number of hydrogen-bond acceptors (Lipinski definition) is 8. The van der Waals surface area contributed by atoms with Crippen LogP contribution in [0.4, 0.5) is 0 Å². The number of esters is 1. The Hall–Kier alpha value is -2.32. The molecule has 4 aliphatic rings. The van der Waals surface area contributed by atoms with Gasteiger partial charge < -0.3 is 24.9 Å². The molecule has 2 N–H and O–H groups in total. The van der Waals surface area contributed by atoms with Gasteiger partial charge in [-0.15, -0.1) is 0 Å². The van der Waals surface area contributed by atoms with Gasteiger partial charge in [-0.1, -0.05) is 25.5 Å². The lowest BCUT2D eigenvalue weighted by Gasteiger charge is -2.59. The van der Waals surface area contributed by atoms with Crippen LogP contribution in [0, 0.1) is 28.6 Å². The molecule has 0 aliphatic heterocycles. The number of aliphatic carboxylic acids is 1. The molecule has 3 fully saturated rings. The standard InChI is InChI=1S/C25H32O8/c1-23-9-7-15(26)11-14(23)3-4-16-17-8-10-25(32,24(17,2)12-18(27)22(16)23)19(28)13-33-21(31)6-5-20(29)30/h7,9,11,16-18,22,27,32H,3-6,8,10,12-13H2,1-2H3,(H,29,30)/p-1/t16-,17+,18-,22-,23-,24-,25-/m0/s1. The lowest BCUT2D eigenvalue weighted by Crippen LogP contribution is -2.61. The number of carboxylic acid groups (broad SMARTS) is 1. The van der Waals surface area contributed by atoms with Crippen molar-refractivity contribution in [2.75, 3.05) is 6.61 Å². The van der Waals surface area contributed by atoms with Crippen LogP contribution in [0.3, 0.4) is 0 Å². The van der Waals surface area contributed by atoms with Crippen LogP contribution in [-0.2, 0) is 23.9 Å². The Morgan fingerprint density at radius 2 is 1.94 bits per heavy atom. The molecule has 0 unspecified atom stereocenters. The van der Waals surface area contributed by atoms with Gasteiger partial charge in [-0.3, -0.25) is 14.4 Å². The highest BCUT2D eigenvalue weighted by Gasteiger charge is 2.68. The normalized spacial score (nSPS) is 41.5. The number of hydrogen-bond donors (Lipinski definition) is 2. The molecule has 0 heterocycles. The van der Waals surface area contributed by atoms with Gasteiger partial charge in [0.05, 0.1) is 12.5 Å². The summed E-state index contributed by atoms with van der Waals surface area (Å²) in [7, 11) is 0. The maximum absolute atomic E-state index is 13.1. The van der Waals surface area contributed by atoms with Gasteiger partial charge in [-0.2, -0.15) is 0 Å². The summed E-state index contributed by atoms with van der Waals surface area (Å²) in [6, 6.07) is 0. The summed E-state index contributed by atoms with van der Waals surface area (Å²) in [6.07, 6.45) is 6.04. The maximum atomic E-state index is 13.1. The van der Waals surface area contributed by atoms with E-state index >= 15 is 0 Å². The second-order valence-corrected chi connectivity index (χ2v) is 10.6. The third-order valence-corrected chi connectivity index (χ3v) is 9.01. The zero-order valence-electron chi connectivity index (χ0n) is 19.0. The Morgan fingerprint density at radius 1 is 1.21 bits per heavy atom. The molecular weight excluding hydrogens is 428 g/mol. The van der Waals surface area contributed by atoms with E-state index in [4.69, 9.17) is 4.74 Å². The summed E-state index contributed by atoms with van der Waals surface area (Å²) in [4.78, 5) is 47.2. The van der Waals surface area contributed by atoms with E-state index in [1.165, 1.54) is 0 Å². The monoisotopic (exact) mass is 459 g/mol. The molecule has 0 spiro atoms. The van der Waals surface area contributed by atoms with E-state index in [9.17, 15) is 34.5 Å². The van der Waals surface area contributed by atoms with Crippen molar-refractivity contribution in [2.45, 2.75) is 70.5 Å². The molecule has 0 bridgehead atoms. The SMILES string of the molecule is C[C@]12C=CC(=O)C=C1CC[C@@H]1[C@H]2[C@@H](O)C[C@@]2(C)[C@@H]1CC[C@]2(O)C(=O)COC(=O)CCC(=O)[O-]. The molecule has 8 nitrogen and oxygen atoms in total. The highest BCUT2D eigenvalue weighted by molar-refractivity contribution is 6.01. The van der Waals surface area contributed by atoms with Gasteiger partial charge in [0.2, 0.25) is 5.78 Å². The minimum absolute atomic E-state index is 0.00182. The van der Waals surface area contributed by atoms with E-state index in [-0.39, 0.29) is 36.4 Å². The lowest BCUT2D eigenvalue weighted by atomic mass is 9.46. The summed E-state index contributed by atoms with van der Waals surface area (Å²) in [6.45, 7) is 3.26. The number of carboxylic acids is 1. The first kappa shape index (κ1) is 23.8. The predicted octanol–water partition coefficient (Wildman–Crippen LogP) is 0.639. The largest absolute Gasteiger partial charge is 0.550 e. The molecule has 180 valence electrons. The molecule has 0 saturated heterocycles. The number of aliphatic hydroxyl groups is 2. The summed E-state index contributed by atoms with van der Waals surface area (Å²) in [5.41, 5.74) is -2.02. The van der Waals surface area contributed by atoms with Gasteiger partial charge in [0.25, 0.3) is 0 Å². The molecule has 4 aliphatic carbocycles. The van der Waals surface area contributed by atoms with Crippen LogP contribution < -0.4 is 5.11 Å². The molecule has 33 heavy (non-hydrogen) atoms. The Labute approximate surface area is 192 Å². The van der Waals surface area contributed by atoms with E-state index < -0.39 is 59.7 Å². The number of fused-ring (bicyclic) bond motifs is 5. The molecule has 3 saturated carbocycles. The molecule has 4 rings (SSSR count). The zero-order chi connectivity index (χ0) is 24.2. The topological polar surface area (TPSA) is 141 Å². The van der Waals surface area contributed by atoms with E-state index in [1.807, 2.05) is 13.0 Å². The fraction of sp³-hybridized carbons (Fsp3) is 0.680. The molecule has 0 amide bonds. The van der Waals surface area contributed by atoms with Crippen molar-refractivity contribution >= 4 is 23.5 Å². The summed E-state index contributed by atoms with van der Waals surface area (Å²) >= 11 is 0. The van der Waals surface area contributed by atoms with Gasteiger partial charge in [-0.25, -0.2) is 0 Å². The van der Waals surface area contributed by atoms with Crippen LogP contribution >= 0.6 is 0 Å². The first-order valence-electron chi connectivity index (χ1n) is 11.7. The fourth-order valence-corrected chi connectivity index (χ4v) is 7.33. The van der Waals surface area contributed by atoms with Gasteiger partial charge in [0, 0.05) is 22.7 Å². The van der Waals surface area contributed by atoms with Gasteiger partial charge in [0.1, 0.15) is 5.60 Å². The van der Waals surface area contributed by atoms with Crippen molar-refractivity contribution in [2.24, 2.45) is 28.6 Å². The number of ketones is 2. The van der Waals surface area contributed by atoms with Crippen LogP contribution in [0.25, 0.3) is 0 Å². The van der Waals surface area contributed by atoms with Crippen LogP contribution in [0.1, 0.15) is 58.8 Å². The van der Waals surface area contributed by atoms with Crippen LogP contribution in [-0.4, -0.2) is 52.0 Å². The second kappa shape index (κ2) is 8.17. The Bertz CT molecular complexity index is 950. The summed E-state index contributed by atoms with van der Waals surface area (Å²) in [5, 5.41) is 33.4. The third kappa shape index (κ3) is 3.67. The van der Waals surface area contributed by atoms with E-state index in [0.717, 1.165) is 18.4 Å². The van der Waals surface area contributed by atoms with Crippen molar-refractivity contribution < 1.29 is 39.2 Å². The predicted molar refractivity (Wildman–Crippen MR) is 113 cm³/mol. The Kier molecular flexibility index (Phi) is 5.90. The van der Waals surface area contributed by atoms with Crippen molar-refractivity contribution in [3.8, 4) is 0 Å². The minimum Gasteiger partial charge on any atom is -0.550 e. The number of allylic oxidation sites excluding steroid dienone is 4. The van der Waals surface area contributed by atoms with Gasteiger partial charge in [-0.05, 0) is 62.5 Å². The van der Waals surface area contributed by atoms with Crippen LogP contribution in [0.2, 0.25) is 0 Å². The summed E-state index contributed by atoms with van der Waals surface area (Å²) < 4.78 is 4.94. The maximum Gasteiger partial charge on any atom is 0.306 e. The second-order valence-electron chi connectivity index (χ2n) is 10.6. The molecular formula is C25H31O8-. The number of carbonyl (C=O) groups is 4. The van der Waals surface area contributed by atoms with Crippen molar-refractivity contribution in [1.82, 2.24) is 0 Å². The minimum atomic E-state index is -1.74. The molecule has 0 aromatic heterocycles. The van der Waals surface area contributed by atoms with Crippen molar-refractivity contribution in [3.63, 3.8) is 0 Å². The number of Topliss-reactive ketones (excluding diaryl/α,β-unsaturated/α-hetero) is 1. The number of rotatable bonds is 6. The van der Waals surface area contributed by atoms with E-state index in [1.54, 1.807) is 12.2 Å². The van der Waals surface area contributed by atoms with Gasteiger partial charge in [0.15, 0.2) is 12.4 Å². The smallest absolute Gasteiger partial charge is 0.306 e. The lowest BCUT2D eigenvalue weighted by molar-refractivity contribution is -0.305.